The number of rotatable bonds is 2. The lowest BCUT2D eigenvalue weighted by Gasteiger charge is -2.19. The number of nitrogens with zero attached hydrogens (tertiary/aromatic N) is 3. The van der Waals surface area contributed by atoms with Crippen molar-refractivity contribution in [2.75, 3.05) is 0 Å². The molecule has 2 aromatic rings. The number of amides is 1. The molecule has 7 heteroatoms. The smallest absolute Gasteiger partial charge is 0.221 e. The topological polar surface area (TPSA) is 102 Å². The van der Waals surface area contributed by atoms with Crippen LogP contribution in [0.5, 0.6) is 0 Å². The summed E-state index contributed by atoms with van der Waals surface area (Å²) in [4.78, 5) is 27.8. The maximum Gasteiger partial charge on any atom is 0.221 e. The normalized spacial score (nSPS) is 16.9. The van der Waals surface area contributed by atoms with Crippen LogP contribution in [-0.2, 0) is 11.2 Å². The van der Waals surface area contributed by atoms with Crippen molar-refractivity contribution in [3.8, 4) is 11.8 Å². The highest BCUT2D eigenvalue weighted by atomic mass is 35.5. The maximum atomic E-state index is 12.3. The van der Waals surface area contributed by atoms with Crippen LogP contribution in [0.3, 0.4) is 0 Å². The summed E-state index contributed by atoms with van der Waals surface area (Å²) in [5.74, 6) is -1.18. The van der Waals surface area contributed by atoms with Crippen LogP contribution in [0.15, 0.2) is 24.5 Å². The predicted molar refractivity (Wildman–Crippen MR) is 78.6 cm³/mol. The van der Waals surface area contributed by atoms with Gasteiger partial charge in [-0.25, -0.2) is 4.98 Å². The molecular weight excluding hydrogens is 304 g/mol. The van der Waals surface area contributed by atoms with Gasteiger partial charge in [-0.15, -0.1) is 0 Å². The number of ketones is 1. The van der Waals surface area contributed by atoms with Crippen molar-refractivity contribution in [3.05, 3.63) is 46.5 Å². The van der Waals surface area contributed by atoms with Gasteiger partial charge in [0.2, 0.25) is 5.91 Å². The van der Waals surface area contributed by atoms with E-state index in [9.17, 15) is 9.59 Å². The SMILES string of the molecule is N#Cc1ccc(-n2cnc3c2C(=O)C[C@@H](C(N)=O)C3)cc1Cl. The summed E-state index contributed by atoms with van der Waals surface area (Å²) >= 11 is 6.03. The van der Waals surface area contributed by atoms with Crippen molar-refractivity contribution < 1.29 is 9.59 Å². The Morgan fingerprint density at radius 1 is 1.45 bits per heavy atom. The van der Waals surface area contributed by atoms with Gasteiger partial charge in [0.1, 0.15) is 18.1 Å². The lowest BCUT2D eigenvalue weighted by molar-refractivity contribution is -0.121. The van der Waals surface area contributed by atoms with E-state index in [2.05, 4.69) is 4.98 Å². The van der Waals surface area contributed by atoms with Crippen LogP contribution in [0.4, 0.5) is 0 Å². The molecule has 1 atom stereocenters. The number of carbonyl (C=O) groups is 2. The molecule has 0 saturated carbocycles. The van der Waals surface area contributed by atoms with E-state index in [1.54, 1.807) is 22.8 Å². The largest absolute Gasteiger partial charge is 0.369 e. The number of fused-ring (bicyclic) bond motifs is 1. The molecule has 0 spiro atoms. The van der Waals surface area contributed by atoms with Crippen LogP contribution in [0.2, 0.25) is 5.02 Å². The minimum Gasteiger partial charge on any atom is -0.369 e. The number of imidazole rings is 1. The molecule has 0 bridgehead atoms. The number of Topliss-reactive ketones (excluding diaryl/α,β-unsaturated/α-hetero) is 1. The third-order valence-electron chi connectivity index (χ3n) is 3.73. The number of hydrogen-bond donors (Lipinski definition) is 1. The number of nitriles is 1. The molecule has 1 aromatic carbocycles. The van der Waals surface area contributed by atoms with Crippen molar-refractivity contribution in [2.24, 2.45) is 11.7 Å². The molecule has 1 amide bonds. The average molecular weight is 315 g/mol. The predicted octanol–water partition coefficient (Wildman–Crippen LogP) is 1.63. The Balaban J connectivity index is 2.06. The first kappa shape index (κ1) is 14.3. The molecule has 0 saturated heterocycles. The third kappa shape index (κ3) is 2.26. The van der Waals surface area contributed by atoms with Gasteiger partial charge in [-0.2, -0.15) is 5.26 Å². The molecule has 2 N–H and O–H groups in total. The zero-order valence-corrected chi connectivity index (χ0v) is 12.2. The lowest BCUT2D eigenvalue weighted by Crippen LogP contribution is -2.32. The average Bonchev–Trinajstić information content (AvgIpc) is 2.91. The van der Waals surface area contributed by atoms with Gasteiger partial charge < -0.3 is 5.73 Å². The summed E-state index contributed by atoms with van der Waals surface area (Å²) in [7, 11) is 0. The van der Waals surface area contributed by atoms with E-state index in [0.717, 1.165) is 0 Å². The highest BCUT2D eigenvalue weighted by molar-refractivity contribution is 6.31. The molecule has 110 valence electrons. The van der Waals surface area contributed by atoms with Crippen LogP contribution in [0.1, 0.15) is 28.2 Å². The van der Waals surface area contributed by atoms with E-state index < -0.39 is 11.8 Å². The van der Waals surface area contributed by atoms with Gasteiger partial charge >= 0.3 is 0 Å². The van der Waals surface area contributed by atoms with E-state index in [0.29, 0.717) is 34.1 Å². The van der Waals surface area contributed by atoms with Crippen molar-refractivity contribution in [1.82, 2.24) is 9.55 Å². The van der Waals surface area contributed by atoms with Crippen LogP contribution >= 0.6 is 11.6 Å². The number of nitrogens with two attached hydrogens (primary N) is 1. The minimum absolute atomic E-state index is 0.0814. The van der Waals surface area contributed by atoms with Gasteiger partial charge in [0.05, 0.1) is 22.2 Å². The first-order valence-electron chi connectivity index (χ1n) is 6.60. The third-order valence-corrected chi connectivity index (χ3v) is 4.05. The van der Waals surface area contributed by atoms with E-state index in [1.807, 2.05) is 6.07 Å². The van der Waals surface area contributed by atoms with Crippen LogP contribution in [0, 0.1) is 17.2 Å². The minimum atomic E-state index is -0.507. The molecular formula is C15H11ClN4O2. The zero-order chi connectivity index (χ0) is 15.9. The van der Waals surface area contributed by atoms with Crippen molar-refractivity contribution in [3.63, 3.8) is 0 Å². The summed E-state index contributed by atoms with van der Waals surface area (Å²) in [5, 5.41) is 9.21. The molecule has 1 aromatic heterocycles. The molecule has 0 fully saturated rings. The second-order valence-electron chi connectivity index (χ2n) is 5.12. The molecule has 6 nitrogen and oxygen atoms in total. The summed E-state index contributed by atoms with van der Waals surface area (Å²) in [6, 6.07) is 6.87. The van der Waals surface area contributed by atoms with Crippen LogP contribution in [-0.4, -0.2) is 21.2 Å². The van der Waals surface area contributed by atoms with Crippen molar-refractivity contribution in [2.45, 2.75) is 12.8 Å². The van der Waals surface area contributed by atoms with Gasteiger partial charge in [-0.1, -0.05) is 11.6 Å². The Bertz CT molecular complexity index is 835. The van der Waals surface area contributed by atoms with Crippen molar-refractivity contribution >= 4 is 23.3 Å². The lowest BCUT2D eigenvalue weighted by atomic mass is 9.88. The summed E-state index contributed by atoms with van der Waals surface area (Å²) < 4.78 is 1.63. The quantitative estimate of drug-likeness (QED) is 0.910. The number of aromatic nitrogens is 2. The van der Waals surface area contributed by atoms with Gasteiger partial charge in [0.25, 0.3) is 0 Å². The molecule has 0 aliphatic heterocycles. The van der Waals surface area contributed by atoms with Gasteiger partial charge in [-0.3, -0.25) is 14.2 Å². The van der Waals surface area contributed by atoms with Crippen molar-refractivity contribution in [1.29, 1.82) is 5.26 Å². The molecule has 22 heavy (non-hydrogen) atoms. The Kier molecular flexibility index (Phi) is 3.43. The number of primary amides is 1. The Labute approximate surface area is 131 Å². The fraction of sp³-hybridized carbons (Fsp3) is 0.200. The zero-order valence-electron chi connectivity index (χ0n) is 11.4. The molecule has 1 aliphatic rings. The molecule has 1 heterocycles. The second kappa shape index (κ2) is 5.28. The van der Waals surface area contributed by atoms with E-state index in [4.69, 9.17) is 22.6 Å². The number of halogens is 1. The Morgan fingerprint density at radius 2 is 2.23 bits per heavy atom. The van der Waals surface area contributed by atoms with E-state index >= 15 is 0 Å². The van der Waals surface area contributed by atoms with Crippen LogP contribution in [0.25, 0.3) is 5.69 Å². The molecule has 0 unspecified atom stereocenters. The summed E-state index contributed by atoms with van der Waals surface area (Å²) in [5.41, 5.74) is 7.28. The summed E-state index contributed by atoms with van der Waals surface area (Å²) in [6.45, 7) is 0. The maximum absolute atomic E-state index is 12.3. The molecule has 1 aliphatic carbocycles. The fourth-order valence-corrected chi connectivity index (χ4v) is 2.81. The number of carbonyl (C=O) groups excluding carboxylic acids is 2. The highest BCUT2D eigenvalue weighted by Crippen LogP contribution is 2.28. The first-order chi connectivity index (χ1) is 10.5. The molecule has 3 rings (SSSR count). The number of benzene rings is 1. The van der Waals surface area contributed by atoms with E-state index in [1.165, 1.54) is 6.33 Å². The van der Waals surface area contributed by atoms with Crippen LogP contribution < -0.4 is 5.73 Å². The van der Waals surface area contributed by atoms with Gasteiger partial charge in [0, 0.05) is 18.5 Å². The standard InChI is InChI=1S/C15H11ClN4O2/c16-11-5-10(2-1-8(11)6-17)20-7-19-12-3-9(15(18)22)4-13(21)14(12)20/h1-2,5,7,9H,3-4H2,(H2,18,22)/t9-/m0/s1. The van der Waals surface area contributed by atoms with Gasteiger partial charge in [-0.05, 0) is 18.2 Å². The second-order valence-corrected chi connectivity index (χ2v) is 5.52. The highest BCUT2D eigenvalue weighted by Gasteiger charge is 2.32. The first-order valence-corrected chi connectivity index (χ1v) is 6.98. The molecule has 0 radical (unpaired) electrons. The Hall–Kier alpha value is -2.65. The van der Waals surface area contributed by atoms with Gasteiger partial charge in [0.15, 0.2) is 5.78 Å². The monoisotopic (exact) mass is 314 g/mol. The number of hydrogen-bond acceptors (Lipinski definition) is 4. The fourth-order valence-electron chi connectivity index (χ4n) is 2.60. The van der Waals surface area contributed by atoms with E-state index in [-0.39, 0.29) is 12.2 Å². The Morgan fingerprint density at radius 3 is 2.86 bits per heavy atom. The summed E-state index contributed by atoms with van der Waals surface area (Å²) in [6.07, 6.45) is 1.95.